The fourth-order valence-corrected chi connectivity index (χ4v) is 4.38. The first-order valence-corrected chi connectivity index (χ1v) is 10.2. The number of nitrogens with zero attached hydrogens (tertiary/aromatic N) is 3. The van der Waals surface area contributed by atoms with Crippen molar-refractivity contribution in [3.63, 3.8) is 0 Å². The molecule has 1 amide bonds. The summed E-state index contributed by atoms with van der Waals surface area (Å²) in [6.07, 6.45) is 3.48. The molecule has 140 valence electrons. The molecule has 0 bridgehead atoms. The van der Waals surface area contributed by atoms with E-state index in [1.54, 1.807) is 31.5 Å². The predicted octanol–water partition coefficient (Wildman–Crippen LogP) is 4.71. The van der Waals surface area contributed by atoms with Crippen LogP contribution in [0.5, 0.6) is 0 Å². The Balaban J connectivity index is 1.44. The van der Waals surface area contributed by atoms with Gasteiger partial charge in [0.05, 0.1) is 17.9 Å². The van der Waals surface area contributed by atoms with Gasteiger partial charge in [-0.1, -0.05) is 0 Å². The van der Waals surface area contributed by atoms with Crippen LogP contribution in [0.2, 0.25) is 0 Å². The van der Waals surface area contributed by atoms with Gasteiger partial charge in [-0.3, -0.25) is 9.78 Å². The number of carbonyl (C=O) groups is 1. The molecule has 3 aromatic heterocycles. The molecule has 1 aromatic carbocycles. The zero-order valence-corrected chi connectivity index (χ0v) is 16.5. The minimum absolute atomic E-state index is 0.195. The lowest BCUT2D eigenvalue weighted by Gasteiger charge is -2.01. The molecule has 0 aliphatic carbocycles. The van der Waals surface area contributed by atoms with Crippen molar-refractivity contribution in [2.75, 3.05) is 0 Å². The SMILES string of the molecule is Cc1nc(-c2ccc(F)cc2)sc1C(=O)NCc1csc(-c2cccnc2)n1. The van der Waals surface area contributed by atoms with Gasteiger partial charge in [0.2, 0.25) is 0 Å². The predicted molar refractivity (Wildman–Crippen MR) is 109 cm³/mol. The van der Waals surface area contributed by atoms with E-state index >= 15 is 0 Å². The van der Waals surface area contributed by atoms with Crippen molar-refractivity contribution in [1.82, 2.24) is 20.3 Å². The minimum atomic E-state index is -0.302. The third-order valence-electron chi connectivity index (χ3n) is 3.98. The fourth-order valence-electron chi connectivity index (χ4n) is 2.58. The Morgan fingerprint density at radius 1 is 1.11 bits per heavy atom. The van der Waals surface area contributed by atoms with E-state index in [9.17, 15) is 9.18 Å². The van der Waals surface area contributed by atoms with Crippen molar-refractivity contribution in [2.45, 2.75) is 13.5 Å². The normalized spacial score (nSPS) is 10.8. The number of hydrogen-bond donors (Lipinski definition) is 1. The molecular formula is C20H15FN4OS2. The largest absolute Gasteiger partial charge is 0.346 e. The van der Waals surface area contributed by atoms with Gasteiger partial charge >= 0.3 is 0 Å². The molecule has 8 heteroatoms. The van der Waals surface area contributed by atoms with Crippen LogP contribution in [0.1, 0.15) is 21.1 Å². The zero-order valence-electron chi connectivity index (χ0n) is 14.8. The van der Waals surface area contributed by atoms with E-state index in [2.05, 4.69) is 20.3 Å². The van der Waals surface area contributed by atoms with Crippen molar-refractivity contribution >= 4 is 28.6 Å². The molecule has 0 saturated carbocycles. The maximum atomic E-state index is 13.1. The van der Waals surface area contributed by atoms with Gasteiger partial charge < -0.3 is 5.32 Å². The number of benzene rings is 1. The number of aromatic nitrogens is 3. The summed E-state index contributed by atoms with van der Waals surface area (Å²) in [7, 11) is 0. The molecule has 0 aliphatic heterocycles. The fraction of sp³-hybridized carbons (Fsp3) is 0.100. The van der Waals surface area contributed by atoms with Crippen LogP contribution >= 0.6 is 22.7 Å². The van der Waals surface area contributed by atoms with Crippen LogP contribution < -0.4 is 5.32 Å². The average molecular weight is 410 g/mol. The first-order valence-electron chi connectivity index (χ1n) is 8.46. The van der Waals surface area contributed by atoms with E-state index in [0.29, 0.717) is 22.1 Å². The van der Waals surface area contributed by atoms with Gasteiger partial charge in [0.1, 0.15) is 20.7 Å². The van der Waals surface area contributed by atoms with Gasteiger partial charge in [-0.15, -0.1) is 22.7 Å². The second kappa shape index (κ2) is 7.95. The topological polar surface area (TPSA) is 67.8 Å². The van der Waals surface area contributed by atoms with Crippen LogP contribution in [0, 0.1) is 12.7 Å². The van der Waals surface area contributed by atoms with Crippen molar-refractivity contribution in [2.24, 2.45) is 0 Å². The second-order valence-corrected chi connectivity index (χ2v) is 7.87. The second-order valence-electron chi connectivity index (χ2n) is 6.01. The highest BCUT2D eigenvalue weighted by Gasteiger charge is 2.16. The molecule has 0 unspecified atom stereocenters. The van der Waals surface area contributed by atoms with E-state index in [1.165, 1.54) is 34.8 Å². The van der Waals surface area contributed by atoms with Gasteiger partial charge in [0.15, 0.2) is 0 Å². The summed E-state index contributed by atoms with van der Waals surface area (Å²) in [5.41, 5.74) is 3.18. The molecule has 4 aromatic rings. The number of thiazole rings is 2. The van der Waals surface area contributed by atoms with Gasteiger partial charge in [-0.05, 0) is 43.3 Å². The van der Waals surface area contributed by atoms with Crippen molar-refractivity contribution < 1.29 is 9.18 Å². The number of carbonyl (C=O) groups excluding carboxylic acids is 1. The Bertz CT molecular complexity index is 1110. The molecule has 28 heavy (non-hydrogen) atoms. The lowest BCUT2D eigenvalue weighted by Crippen LogP contribution is -2.22. The molecule has 4 rings (SSSR count). The first kappa shape index (κ1) is 18.4. The summed E-state index contributed by atoms with van der Waals surface area (Å²) >= 11 is 2.81. The molecule has 0 fully saturated rings. The molecule has 0 spiro atoms. The molecule has 0 saturated heterocycles. The first-order chi connectivity index (χ1) is 13.6. The van der Waals surface area contributed by atoms with Crippen LogP contribution in [0.4, 0.5) is 4.39 Å². The highest BCUT2D eigenvalue weighted by Crippen LogP contribution is 2.28. The van der Waals surface area contributed by atoms with Gasteiger partial charge in [-0.25, -0.2) is 14.4 Å². The van der Waals surface area contributed by atoms with E-state index in [0.717, 1.165) is 21.8 Å². The quantitative estimate of drug-likeness (QED) is 0.518. The maximum absolute atomic E-state index is 13.1. The molecule has 1 N–H and O–H groups in total. The number of pyridine rings is 1. The Morgan fingerprint density at radius 2 is 1.93 bits per heavy atom. The lowest BCUT2D eigenvalue weighted by atomic mass is 10.2. The number of rotatable bonds is 5. The van der Waals surface area contributed by atoms with Crippen molar-refractivity contribution in [3.05, 3.63) is 76.3 Å². The lowest BCUT2D eigenvalue weighted by molar-refractivity contribution is 0.0953. The number of nitrogens with one attached hydrogen (secondary N) is 1. The maximum Gasteiger partial charge on any atom is 0.263 e. The molecule has 5 nitrogen and oxygen atoms in total. The highest BCUT2D eigenvalue weighted by molar-refractivity contribution is 7.17. The minimum Gasteiger partial charge on any atom is -0.346 e. The van der Waals surface area contributed by atoms with Crippen LogP contribution in [-0.2, 0) is 6.54 Å². The van der Waals surface area contributed by atoms with Crippen LogP contribution in [0.15, 0.2) is 54.2 Å². The Labute approximate surface area is 169 Å². The summed E-state index contributed by atoms with van der Waals surface area (Å²) in [6.45, 7) is 2.13. The average Bonchev–Trinajstić information content (AvgIpc) is 3.34. The Hall–Kier alpha value is -2.97. The number of hydrogen-bond acceptors (Lipinski definition) is 6. The third kappa shape index (κ3) is 3.97. The number of amides is 1. The zero-order chi connectivity index (χ0) is 19.5. The Morgan fingerprint density at radius 3 is 2.68 bits per heavy atom. The number of aryl methyl sites for hydroxylation is 1. The Kier molecular flexibility index (Phi) is 5.23. The van der Waals surface area contributed by atoms with E-state index in [-0.39, 0.29) is 11.7 Å². The van der Waals surface area contributed by atoms with E-state index in [1.807, 2.05) is 17.5 Å². The molecule has 3 heterocycles. The van der Waals surface area contributed by atoms with Crippen molar-refractivity contribution in [3.8, 4) is 21.1 Å². The van der Waals surface area contributed by atoms with E-state index in [4.69, 9.17) is 0 Å². The molecule has 0 radical (unpaired) electrons. The summed E-state index contributed by atoms with van der Waals surface area (Å²) in [5.74, 6) is -0.497. The number of halogens is 1. The van der Waals surface area contributed by atoms with Gasteiger partial charge in [-0.2, -0.15) is 0 Å². The van der Waals surface area contributed by atoms with Gasteiger partial charge in [0.25, 0.3) is 5.91 Å². The van der Waals surface area contributed by atoms with Crippen molar-refractivity contribution in [1.29, 1.82) is 0 Å². The smallest absolute Gasteiger partial charge is 0.263 e. The van der Waals surface area contributed by atoms with Crippen LogP contribution in [0.25, 0.3) is 21.1 Å². The van der Waals surface area contributed by atoms with Gasteiger partial charge in [0, 0.05) is 28.9 Å². The summed E-state index contributed by atoms with van der Waals surface area (Å²) in [5, 5.41) is 6.37. The summed E-state index contributed by atoms with van der Waals surface area (Å²) in [4.78, 5) is 26.2. The summed E-state index contributed by atoms with van der Waals surface area (Å²) < 4.78 is 13.1. The third-order valence-corrected chi connectivity index (χ3v) is 6.13. The van der Waals surface area contributed by atoms with Crippen LogP contribution in [0.3, 0.4) is 0 Å². The monoisotopic (exact) mass is 410 g/mol. The van der Waals surface area contributed by atoms with Crippen LogP contribution in [-0.4, -0.2) is 20.9 Å². The standard InChI is InChI=1S/C20H15FN4OS2/c1-12-17(28-20(24-12)13-4-6-15(21)7-5-13)18(26)23-10-16-11-27-19(25-16)14-3-2-8-22-9-14/h2-9,11H,10H2,1H3,(H,23,26). The molecule has 0 aliphatic rings. The highest BCUT2D eigenvalue weighted by atomic mass is 32.1. The van der Waals surface area contributed by atoms with E-state index < -0.39 is 0 Å². The molecule has 0 atom stereocenters. The summed E-state index contributed by atoms with van der Waals surface area (Å²) in [6, 6.07) is 9.90. The molecular weight excluding hydrogens is 395 g/mol.